The summed E-state index contributed by atoms with van der Waals surface area (Å²) in [4.78, 5) is 15.7. The van der Waals surface area contributed by atoms with Crippen LogP contribution in [0.25, 0.3) is 94.8 Å². The monoisotopic (exact) mass is 1040 g/mol. The quantitative estimate of drug-likeness (QED) is 0.108. The van der Waals surface area contributed by atoms with Crippen molar-refractivity contribution in [3.8, 4) is 45.0 Å². The summed E-state index contributed by atoms with van der Waals surface area (Å²) in [6.07, 6.45) is 5.98. The summed E-state index contributed by atoms with van der Waals surface area (Å²) < 4.78 is 4.69. The molecule has 14 rings (SSSR count). The molecule has 0 atom stereocenters. The fraction of sp³-hybridized carbons (Fsp3) is 0.0133. The molecule has 0 fully saturated rings. The van der Waals surface area contributed by atoms with Gasteiger partial charge in [0.15, 0.2) is 0 Å². The first-order valence-electron chi connectivity index (χ1n) is 27.4. The van der Waals surface area contributed by atoms with Gasteiger partial charge in [0, 0.05) is 84.0 Å². The van der Waals surface area contributed by atoms with Crippen molar-refractivity contribution in [3.63, 3.8) is 0 Å². The number of hydrogen-bond donors (Lipinski definition) is 0. The van der Waals surface area contributed by atoms with Gasteiger partial charge in [-0.1, -0.05) is 176 Å². The van der Waals surface area contributed by atoms with Gasteiger partial charge in [0.05, 0.1) is 39.0 Å². The number of benzene rings is 11. The Morgan fingerprint density at radius 3 is 1.27 bits per heavy atom. The maximum atomic E-state index is 5.60. The molecule has 3 heterocycles. The predicted octanol–water partition coefficient (Wildman–Crippen LogP) is 20.1. The highest BCUT2D eigenvalue weighted by Crippen LogP contribution is 2.42. The van der Waals surface area contributed by atoms with Gasteiger partial charge in [-0.05, 0) is 145 Å². The summed E-state index contributed by atoms with van der Waals surface area (Å²) in [5.41, 5.74) is 21.7. The van der Waals surface area contributed by atoms with Gasteiger partial charge < -0.3 is 18.9 Å². The van der Waals surface area contributed by atoms with Gasteiger partial charge >= 0.3 is 0 Å². The third-order valence-corrected chi connectivity index (χ3v) is 15.5. The Bertz CT molecular complexity index is 4570. The standard InChI is InChI=1S/C75H54N6/c1-3-4-32-69-52(2)64-27-14-17-33-70(64)80(69)62-48-44-60(45-49-62)79(57-25-12-7-13-26-57)59-42-38-55(39-43-59)74-73(76-68-31-20-30-65(75(68)77-74)53-21-8-5-9-22-53)54-36-40-58(41-37-54)78(56-23-10-6-11-24-56)61-46-50-63(51-47-61)81-71-34-18-15-28-66(71)67-29-16-19-35-72(67)81/h3-51H,1H2,2H3/b32-4-. The fourth-order valence-electron chi connectivity index (χ4n) is 11.7. The molecule has 3 aromatic heterocycles. The smallest absolute Gasteiger partial charge is 0.0973 e. The first-order valence-corrected chi connectivity index (χ1v) is 27.4. The van der Waals surface area contributed by atoms with E-state index >= 15 is 0 Å². The van der Waals surface area contributed by atoms with Gasteiger partial charge in [0.25, 0.3) is 0 Å². The molecular weight excluding hydrogens is 985 g/mol. The Morgan fingerprint density at radius 2 is 0.765 bits per heavy atom. The zero-order valence-corrected chi connectivity index (χ0v) is 44.7. The van der Waals surface area contributed by atoms with Crippen molar-refractivity contribution in [2.24, 2.45) is 0 Å². The van der Waals surface area contributed by atoms with E-state index in [1.807, 2.05) is 18.2 Å². The molecule has 0 aliphatic carbocycles. The molecule has 81 heavy (non-hydrogen) atoms. The van der Waals surface area contributed by atoms with Gasteiger partial charge in [-0.3, -0.25) is 0 Å². The summed E-state index contributed by atoms with van der Waals surface area (Å²) in [6.45, 7) is 6.14. The number of allylic oxidation sites excluding steroid dienone is 2. The Balaban J connectivity index is 0.849. The number of hydrogen-bond acceptors (Lipinski definition) is 4. The number of anilines is 6. The molecule has 0 bridgehead atoms. The molecule has 0 saturated carbocycles. The fourth-order valence-corrected chi connectivity index (χ4v) is 11.7. The number of nitrogens with zero attached hydrogens (tertiary/aromatic N) is 6. The van der Waals surface area contributed by atoms with E-state index in [-0.39, 0.29) is 0 Å². The molecule has 0 radical (unpaired) electrons. The Labute approximate surface area is 471 Å². The van der Waals surface area contributed by atoms with Crippen LogP contribution in [-0.2, 0) is 0 Å². The van der Waals surface area contributed by atoms with E-state index in [2.05, 4.69) is 311 Å². The van der Waals surface area contributed by atoms with Crippen molar-refractivity contribution >= 4 is 83.9 Å². The van der Waals surface area contributed by atoms with Crippen LogP contribution < -0.4 is 9.80 Å². The zero-order valence-electron chi connectivity index (χ0n) is 44.7. The van der Waals surface area contributed by atoms with Crippen LogP contribution in [0, 0.1) is 6.92 Å². The van der Waals surface area contributed by atoms with E-state index < -0.39 is 0 Å². The van der Waals surface area contributed by atoms with Crippen molar-refractivity contribution in [1.29, 1.82) is 0 Å². The Kier molecular flexibility index (Phi) is 12.5. The third kappa shape index (κ3) is 8.82. The minimum Gasteiger partial charge on any atom is -0.311 e. The maximum absolute atomic E-state index is 5.60. The molecule has 0 saturated heterocycles. The summed E-state index contributed by atoms with van der Waals surface area (Å²) in [5, 5.41) is 3.72. The zero-order chi connectivity index (χ0) is 54.2. The molecule has 6 heteroatoms. The maximum Gasteiger partial charge on any atom is 0.0973 e. The minimum atomic E-state index is 0.803. The van der Waals surface area contributed by atoms with Gasteiger partial charge in [0.2, 0.25) is 0 Å². The first-order chi connectivity index (χ1) is 40.1. The molecule has 0 amide bonds. The molecule has 11 aromatic carbocycles. The van der Waals surface area contributed by atoms with Gasteiger partial charge in [-0.2, -0.15) is 0 Å². The summed E-state index contributed by atoms with van der Waals surface area (Å²) in [5.74, 6) is 0. The van der Waals surface area contributed by atoms with E-state index in [0.29, 0.717) is 0 Å². The number of aromatic nitrogens is 4. The van der Waals surface area contributed by atoms with Crippen LogP contribution in [-0.4, -0.2) is 19.1 Å². The lowest BCUT2D eigenvalue weighted by molar-refractivity contribution is 1.09. The van der Waals surface area contributed by atoms with E-state index in [0.717, 1.165) is 101 Å². The van der Waals surface area contributed by atoms with E-state index in [4.69, 9.17) is 9.97 Å². The molecule has 0 spiro atoms. The summed E-state index contributed by atoms with van der Waals surface area (Å²) in [6, 6.07) is 99.1. The van der Waals surface area contributed by atoms with Gasteiger partial charge in [0.1, 0.15) is 0 Å². The highest BCUT2D eigenvalue weighted by atomic mass is 15.1. The molecule has 0 aliphatic heterocycles. The van der Waals surface area contributed by atoms with E-state index in [1.165, 1.54) is 32.8 Å². The second-order valence-corrected chi connectivity index (χ2v) is 20.3. The van der Waals surface area contributed by atoms with E-state index in [1.54, 1.807) is 0 Å². The van der Waals surface area contributed by atoms with Crippen LogP contribution in [0.5, 0.6) is 0 Å². The Morgan fingerprint density at radius 1 is 0.358 bits per heavy atom. The van der Waals surface area contributed by atoms with Crippen molar-refractivity contribution in [2.75, 3.05) is 9.80 Å². The minimum absolute atomic E-state index is 0.803. The van der Waals surface area contributed by atoms with Crippen LogP contribution >= 0.6 is 0 Å². The molecular formula is C75H54N6. The third-order valence-electron chi connectivity index (χ3n) is 15.5. The van der Waals surface area contributed by atoms with E-state index in [9.17, 15) is 0 Å². The lowest BCUT2D eigenvalue weighted by Crippen LogP contribution is -2.10. The Hall–Kier alpha value is -10.8. The highest BCUT2D eigenvalue weighted by molar-refractivity contribution is 6.09. The average molecular weight is 1040 g/mol. The van der Waals surface area contributed by atoms with Crippen molar-refractivity contribution < 1.29 is 0 Å². The van der Waals surface area contributed by atoms with Crippen LogP contribution in [0.3, 0.4) is 0 Å². The van der Waals surface area contributed by atoms with Crippen LogP contribution in [0.4, 0.5) is 34.1 Å². The SMILES string of the molecule is C=C/C=C\c1c(C)c2ccccc2n1-c1ccc(N(c2ccccc2)c2ccc(-c3nc4c(-c5ccccc5)cccc4nc3-c3ccc(N(c4ccccc4)c4ccc(-n5c6ccccc6c6ccccc65)cc4)cc3)cc2)cc1. The van der Waals surface area contributed by atoms with Crippen molar-refractivity contribution in [3.05, 3.63) is 309 Å². The lowest BCUT2D eigenvalue weighted by Gasteiger charge is -2.26. The largest absolute Gasteiger partial charge is 0.311 e. The molecule has 14 aromatic rings. The second-order valence-electron chi connectivity index (χ2n) is 20.3. The first kappa shape index (κ1) is 48.5. The van der Waals surface area contributed by atoms with Crippen LogP contribution in [0.1, 0.15) is 11.3 Å². The molecule has 0 aliphatic rings. The lowest BCUT2D eigenvalue weighted by atomic mass is 10.00. The molecule has 0 unspecified atom stereocenters. The normalized spacial score (nSPS) is 11.5. The highest BCUT2D eigenvalue weighted by Gasteiger charge is 2.21. The molecule has 6 nitrogen and oxygen atoms in total. The van der Waals surface area contributed by atoms with Crippen molar-refractivity contribution in [1.82, 2.24) is 19.1 Å². The molecule has 384 valence electrons. The molecule has 0 N–H and O–H groups in total. The number of para-hydroxylation sites is 6. The number of fused-ring (bicyclic) bond motifs is 5. The van der Waals surface area contributed by atoms with Gasteiger partial charge in [-0.25, -0.2) is 9.97 Å². The topological polar surface area (TPSA) is 42.1 Å². The van der Waals surface area contributed by atoms with Crippen LogP contribution in [0.2, 0.25) is 0 Å². The average Bonchev–Trinajstić information content (AvgIpc) is 4.12. The summed E-state index contributed by atoms with van der Waals surface area (Å²) in [7, 11) is 0. The van der Waals surface area contributed by atoms with Crippen LogP contribution in [0.15, 0.2) is 298 Å². The second kappa shape index (κ2) is 20.9. The number of rotatable bonds is 13. The predicted molar refractivity (Wildman–Crippen MR) is 340 cm³/mol. The summed E-state index contributed by atoms with van der Waals surface area (Å²) >= 11 is 0. The number of aryl methyl sites for hydroxylation is 1. The van der Waals surface area contributed by atoms with Gasteiger partial charge in [-0.15, -0.1) is 0 Å². The van der Waals surface area contributed by atoms with Crippen molar-refractivity contribution in [2.45, 2.75) is 6.92 Å².